The highest BCUT2D eigenvalue weighted by Gasteiger charge is 2.25. The minimum Gasteiger partial charge on any atom is -0.341 e. The van der Waals surface area contributed by atoms with Crippen molar-refractivity contribution in [3.05, 3.63) is 27.6 Å². The molecular weight excluding hydrogens is 322 g/mol. The number of amides is 1. The first-order valence-electron chi connectivity index (χ1n) is 8.73. The fourth-order valence-corrected chi connectivity index (χ4v) is 4.31. The minimum absolute atomic E-state index is 0.0104. The largest absolute Gasteiger partial charge is 0.341 e. The quantitative estimate of drug-likeness (QED) is 0.854. The van der Waals surface area contributed by atoms with Crippen LogP contribution in [0.1, 0.15) is 44.4 Å². The summed E-state index contributed by atoms with van der Waals surface area (Å²) in [6, 6.07) is 2.21. The maximum Gasteiger partial charge on any atom is 0.262 e. The molecular formula is C18H25N3O2S. The van der Waals surface area contributed by atoms with E-state index in [0.717, 1.165) is 34.9 Å². The molecule has 24 heavy (non-hydrogen) atoms. The highest BCUT2D eigenvalue weighted by molar-refractivity contribution is 7.18. The van der Waals surface area contributed by atoms with Gasteiger partial charge in [0.05, 0.1) is 11.7 Å². The van der Waals surface area contributed by atoms with Gasteiger partial charge in [-0.15, -0.1) is 11.3 Å². The SMILES string of the molecule is CCc1cc2c(=O)n(CC(=O)N(C)C3CCC(C)CC3)cnc2s1. The first-order chi connectivity index (χ1) is 11.5. The van der Waals surface area contributed by atoms with Crippen molar-refractivity contribution in [2.45, 2.75) is 58.5 Å². The molecule has 0 atom stereocenters. The van der Waals surface area contributed by atoms with Crippen molar-refractivity contribution < 1.29 is 4.79 Å². The second-order valence-electron chi connectivity index (χ2n) is 6.88. The molecule has 0 spiro atoms. The average Bonchev–Trinajstić information content (AvgIpc) is 3.01. The third kappa shape index (κ3) is 3.38. The second-order valence-corrected chi connectivity index (χ2v) is 8.00. The van der Waals surface area contributed by atoms with Crippen LogP contribution in [0.4, 0.5) is 0 Å². The van der Waals surface area contributed by atoms with Crippen LogP contribution in [0, 0.1) is 5.92 Å². The van der Waals surface area contributed by atoms with Crippen LogP contribution in [0.15, 0.2) is 17.2 Å². The highest BCUT2D eigenvalue weighted by Crippen LogP contribution is 2.26. The summed E-state index contributed by atoms with van der Waals surface area (Å²) in [6.07, 6.45) is 6.85. The predicted octanol–water partition coefficient (Wildman–Crippen LogP) is 3.06. The smallest absolute Gasteiger partial charge is 0.262 e. The zero-order valence-electron chi connectivity index (χ0n) is 14.6. The highest BCUT2D eigenvalue weighted by atomic mass is 32.1. The molecule has 0 radical (unpaired) electrons. The lowest BCUT2D eigenvalue weighted by molar-refractivity contribution is -0.133. The second kappa shape index (κ2) is 7.05. The van der Waals surface area contributed by atoms with Crippen LogP contribution in [0.2, 0.25) is 0 Å². The summed E-state index contributed by atoms with van der Waals surface area (Å²) in [4.78, 5) is 33.3. The first-order valence-corrected chi connectivity index (χ1v) is 9.54. The molecule has 1 aliphatic carbocycles. The standard InChI is InChI=1S/C18H25N3O2S/c1-4-14-9-15-17(24-14)19-11-21(18(15)23)10-16(22)20(3)13-7-5-12(2)6-8-13/h9,11-13H,4-8,10H2,1-3H3. The average molecular weight is 347 g/mol. The van der Waals surface area contributed by atoms with Gasteiger partial charge in [-0.3, -0.25) is 14.2 Å². The molecule has 1 amide bonds. The van der Waals surface area contributed by atoms with E-state index in [9.17, 15) is 9.59 Å². The van der Waals surface area contributed by atoms with E-state index in [4.69, 9.17) is 0 Å². The molecule has 130 valence electrons. The molecule has 2 aromatic rings. The summed E-state index contributed by atoms with van der Waals surface area (Å²) in [7, 11) is 1.86. The minimum atomic E-state index is -0.116. The van der Waals surface area contributed by atoms with Gasteiger partial charge in [-0.2, -0.15) is 0 Å². The van der Waals surface area contributed by atoms with Crippen LogP contribution < -0.4 is 5.56 Å². The fourth-order valence-electron chi connectivity index (χ4n) is 3.39. The van der Waals surface area contributed by atoms with E-state index in [0.29, 0.717) is 11.4 Å². The van der Waals surface area contributed by atoms with Crippen molar-refractivity contribution >= 4 is 27.5 Å². The van der Waals surface area contributed by atoms with E-state index < -0.39 is 0 Å². The molecule has 1 saturated carbocycles. The Bertz CT molecular complexity index is 787. The van der Waals surface area contributed by atoms with Gasteiger partial charge < -0.3 is 4.90 Å². The number of aryl methyl sites for hydroxylation is 1. The van der Waals surface area contributed by atoms with E-state index in [2.05, 4.69) is 18.8 Å². The Morgan fingerprint density at radius 1 is 1.38 bits per heavy atom. The van der Waals surface area contributed by atoms with Gasteiger partial charge in [-0.25, -0.2) is 4.98 Å². The van der Waals surface area contributed by atoms with Gasteiger partial charge in [0.15, 0.2) is 0 Å². The van der Waals surface area contributed by atoms with E-state index in [-0.39, 0.29) is 18.0 Å². The molecule has 2 heterocycles. The number of rotatable bonds is 4. The van der Waals surface area contributed by atoms with E-state index in [1.54, 1.807) is 11.3 Å². The zero-order chi connectivity index (χ0) is 17.3. The van der Waals surface area contributed by atoms with Gasteiger partial charge >= 0.3 is 0 Å². The lowest BCUT2D eigenvalue weighted by Gasteiger charge is -2.33. The zero-order valence-corrected chi connectivity index (χ0v) is 15.4. The third-order valence-electron chi connectivity index (χ3n) is 5.15. The van der Waals surface area contributed by atoms with Crippen LogP contribution in [-0.4, -0.2) is 33.4 Å². The molecule has 0 unspecified atom stereocenters. The Hall–Kier alpha value is -1.69. The third-order valence-corrected chi connectivity index (χ3v) is 6.34. The number of aromatic nitrogens is 2. The number of nitrogens with zero attached hydrogens (tertiary/aromatic N) is 3. The number of likely N-dealkylation sites (N-methyl/N-ethyl adjacent to an activating group) is 1. The van der Waals surface area contributed by atoms with E-state index in [1.165, 1.54) is 23.7 Å². The molecule has 0 aromatic carbocycles. The van der Waals surface area contributed by atoms with E-state index in [1.807, 2.05) is 18.0 Å². The Labute approximate surface area is 146 Å². The van der Waals surface area contributed by atoms with Crippen molar-refractivity contribution in [2.75, 3.05) is 7.05 Å². The van der Waals surface area contributed by atoms with Crippen molar-refractivity contribution in [1.29, 1.82) is 0 Å². The molecule has 0 saturated heterocycles. The topological polar surface area (TPSA) is 55.2 Å². The summed E-state index contributed by atoms with van der Waals surface area (Å²) >= 11 is 1.55. The van der Waals surface area contributed by atoms with Crippen LogP contribution >= 0.6 is 11.3 Å². The molecule has 0 aliphatic heterocycles. The molecule has 5 nitrogen and oxygen atoms in total. The molecule has 0 bridgehead atoms. The van der Waals surface area contributed by atoms with Gasteiger partial charge in [-0.1, -0.05) is 13.8 Å². The van der Waals surface area contributed by atoms with Gasteiger partial charge in [0, 0.05) is 18.0 Å². The van der Waals surface area contributed by atoms with E-state index >= 15 is 0 Å². The van der Waals surface area contributed by atoms with Crippen LogP contribution in [-0.2, 0) is 17.8 Å². The number of carbonyl (C=O) groups excluding carboxylic acids is 1. The summed E-state index contributed by atoms with van der Waals surface area (Å²) in [5, 5.41) is 0.626. The summed E-state index contributed by atoms with van der Waals surface area (Å²) in [6.45, 7) is 4.40. The molecule has 1 fully saturated rings. The lowest BCUT2D eigenvalue weighted by atomic mass is 9.87. The summed E-state index contributed by atoms with van der Waals surface area (Å²) < 4.78 is 1.44. The number of carbonyl (C=O) groups is 1. The fraction of sp³-hybridized carbons (Fsp3) is 0.611. The van der Waals surface area contributed by atoms with Gasteiger partial charge in [0.25, 0.3) is 5.56 Å². The Balaban J connectivity index is 1.75. The number of fused-ring (bicyclic) bond motifs is 1. The predicted molar refractivity (Wildman–Crippen MR) is 97.4 cm³/mol. The number of thiophene rings is 1. The molecule has 2 aromatic heterocycles. The van der Waals surface area contributed by atoms with Crippen LogP contribution in [0.5, 0.6) is 0 Å². The lowest BCUT2D eigenvalue weighted by Crippen LogP contribution is -2.42. The summed E-state index contributed by atoms with van der Waals surface area (Å²) in [5.74, 6) is 0.745. The summed E-state index contributed by atoms with van der Waals surface area (Å²) in [5.41, 5.74) is -0.116. The van der Waals surface area contributed by atoms with Crippen molar-refractivity contribution in [3.63, 3.8) is 0 Å². The van der Waals surface area contributed by atoms with Gasteiger partial charge in [-0.05, 0) is 44.1 Å². The Morgan fingerprint density at radius 2 is 2.08 bits per heavy atom. The maximum atomic E-state index is 12.6. The van der Waals surface area contributed by atoms with Crippen LogP contribution in [0.3, 0.4) is 0 Å². The Morgan fingerprint density at radius 3 is 2.75 bits per heavy atom. The van der Waals surface area contributed by atoms with Crippen LogP contribution in [0.25, 0.3) is 10.2 Å². The van der Waals surface area contributed by atoms with Gasteiger partial charge in [0.1, 0.15) is 11.4 Å². The van der Waals surface area contributed by atoms with Crippen molar-refractivity contribution in [3.8, 4) is 0 Å². The number of hydrogen-bond acceptors (Lipinski definition) is 4. The van der Waals surface area contributed by atoms with Crippen molar-refractivity contribution in [2.24, 2.45) is 5.92 Å². The molecule has 1 aliphatic rings. The van der Waals surface area contributed by atoms with Gasteiger partial charge in [0.2, 0.25) is 5.91 Å². The normalized spacial score (nSPS) is 21.1. The molecule has 3 rings (SSSR count). The maximum absolute atomic E-state index is 12.6. The molecule has 6 heteroatoms. The monoisotopic (exact) mass is 347 g/mol. The molecule has 0 N–H and O–H groups in total. The number of hydrogen-bond donors (Lipinski definition) is 0. The Kier molecular flexibility index (Phi) is 5.04. The van der Waals surface area contributed by atoms with Crippen molar-refractivity contribution in [1.82, 2.24) is 14.5 Å². The first kappa shape index (κ1) is 17.1.